The van der Waals surface area contributed by atoms with Crippen molar-refractivity contribution in [3.8, 4) is 23.3 Å². The fourth-order valence-electron chi connectivity index (χ4n) is 4.65. The number of nitrogens with zero attached hydrogens (tertiary/aromatic N) is 3. The fourth-order valence-corrected chi connectivity index (χ4v) is 6.88. The molecule has 10 heteroatoms. The highest BCUT2D eigenvalue weighted by molar-refractivity contribution is 7.99. The highest BCUT2D eigenvalue weighted by atomic mass is 32.2. The number of nitrogen functional groups attached to an aromatic ring is 1. The maximum atomic E-state index is 13.0. The van der Waals surface area contributed by atoms with Gasteiger partial charge in [0.05, 0.1) is 17.7 Å². The molecule has 1 aliphatic rings. The molecule has 0 radical (unpaired) electrons. The van der Waals surface area contributed by atoms with E-state index in [0.717, 1.165) is 49.0 Å². The van der Waals surface area contributed by atoms with Crippen molar-refractivity contribution in [2.24, 2.45) is 0 Å². The van der Waals surface area contributed by atoms with Gasteiger partial charge in [0.25, 0.3) is 0 Å². The minimum Gasteiger partial charge on any atom is -0.462 e. The van der Waals surface area contributed by atoms with E-state index in [4.69, 9.17) is 10.5 Å². The summed E-state index contributed by atoms with van der Waals surface area (Å²) in [6.07, 6.45) is 6.18. The van der Waals surface area contributed by atoms with Gasteiger partial charge in [-0.2, -0.15) is 10.5 Å². The van der Waals surface area contributed by atoms with Gasteiger partial charge in [-0.1, -0.05) is 43.2 Å². The average Bonchev–Trinajstić information content (AvgIpc) is 3.24. The van der Waals surface area contributed by atoms with Crippen LogP contribution in [0, 0.1) is 22.7 Å². The smallest absolute Gasteiger partial charge is 0.341 e. The molecular formula is C29H29N5O3S2. The number of amides is 1. The van der Waals surface area contributed by atoms with E-state index in [1.54, 1.807) is 6.92 Å². The van der Waals surface area contributed by atoms with Crippen LogP contribution in [0.4, 0.5) is 10.8 Å². The number of carbonyl (C=O) groups excluding carboxylic acids is 2. The van der Waals surface area contributed by atoms with E-state index in [1.165, 1.54) is 23.1 Å². The number of thiophene rings is 1. The zero-order chi connectivity index (χ0) is 27.8. The third kappa shape index (κ3) is 6.42. The summed E-state index contributed by atoms with van der Waals surface area (Å²) in [7, 11) is 0. The SMILES string of the molecule is CCOC(=O)c1c(NC(=O)CCSc2nc(N)c(C#N)c(-c3ccccc3)c2C#N)sc2c1CCCCCC2. The highest BCUT2D eigenvalue weighted by Gasteiger charge is 2.26. The number of nitrogens with one attached hydrogen (secondary N) is 1. The number of nitrogens with two attached hydrogens (primary N) is 1. The first-order valence-electron chi connectivity index (χ1n) is 12.9. The molecule has 1 aliphatic carbocycles. The maximum absolute atomic E-state index is 13.0. The number of thioether (sulfide) groups is 1. The largest absolute Gasteiger partial charge is 0.462 e. The summed E-state index contributed by atoms with van der Waals surface area (Å²) in [6, 6.07) is 13.4. The summed E-state index contributed by atoms with van der Waals surface area (Å²) in [4.78, 5) is 31.3. The van der Waals surface area contributed by atoms with Gasteiger partial charge in [0.2, 0.25) is 5.91 Å². The third-order valence-electron chi connectivity index (χ3n) is 6.45. The molecular weight excluding hydrogens is 530 g/mol. The number of esters is 1. The lowest BCUT2D eigenvalue weighted by molar-refractivity contribution is -0.115. The van der Waals surface area contributed by atoms with Crippen LogP contribution in [0.25, 0.3) is 11.1 Å². The normalized spacial score (nSPS) is 12.8. The molecule has 2 heterocycles. The van der Waals surface area contributed by atoms with Gasteiger partial charge in [-0.15, -0.1) is 23.1 Å². The monoisotopic (exact) mass is 559 g/mol. The first-order chi connectivity index (χ1) is 19.0. The molecule has 2 aromatic heterocycles. The van der Waals surface area contributed by atoms with E-state index in [9.17, 15) is 20.1 Å². The number of aryl methyl sites for hydroxylation is 1. The second-order valence-corrected chi connectivity index (χ2v) is 11.2. The van der Waals surface area contributed by atoms with Crippen molar-refractivity contribution < 1.29 is 14.3 Å². The zero-order valence-corrected chi connectivity index (χ0v) is 23.3. The molecule has 4 rings (SSSR count). The second kappa shape index (κ2) is 13.3. The molecule has 200 valence electrons. The first-order valence-corrected chi connectivity index (χ1v) is 14.7. The van der Waals surface area contributed by atoms with Crippen LogP contribution in [0.2, 0.25) is 0 Å². The Morgan fingerprint density at radius 3 is 2.51 bits per heavy atom. The Kier molecular flexibility index (Phi) is 9.59. The van der Waals surface area contributed by atoms with Crippen LogP contribution in [0.5, 0.6) is 0 Å². The lowest BCUT2D eigenvalue weighted by atomic mass is 9.96. The number of aromatic nitrogens is 1. The van der Waals surface area contributed by atoms with Gasteiger partial charge >= 0.3 is 5.97 Å². The van der Waals surface area contributed by atoms with Gasteiger partial charge in [0.15, 0.2) is 0 Å². The third-order valence-corrected chi connectivity index (χ3v) is 8.63. The number of nitriles is 2. The number of ether oxygens (including phenoxy) is 1. The van der Waals surface area contributed by atoms with Crippen LogP contribution in [0.3, 0.4) is 0 Å². The van der Waals surface area contributed by atoms with Crippen molar-refractivity contribution in [1.29, 1.82) is 10.5 Å². The number of anilines is 2. The van der Waals surface area contributed by atoms with Gasteiger partial charge in [-0.05, 0) is 43.7 Å². The van der Waals surface area contributed by atoms with Crippen LogP contribution in [0.15, 0.2) is 35.4 Å². The number of benzene rings is 1. The number of hydrogen-bond donors (Lipinski definition) is 2. The van der Waals surface area contributed by atoms with Crippen molar-refractivity contribution in [3.63, 3.8) is 0 Å². The maximum Gasteiger partial charge on any atom is 0.341 e. The standard InChI is InChI=1S/C29H29N5O3S2/c1-2-37-29(36)25-19-12-8-3-4-9-13-22(19)39-28(25)33-23(35)14-15-38-27-21(17-31)24(18-10-6-5-7-11-18)20(16-30)26(32)34-27/h5-7,10-11H,2-4,8-9,12-15H2,1H3,(H2,32,34)(H,33,35). The van der Waals surface area contributed by atoms with Gasteiger partial charge < -0.3 is 15.8 Å². The molecule has 0 saturated carbocycles. The van der Waals surface area contributed by atoms with Crippen molar-refractivity contribution in [2.45, 2.75) is 56.9 Å². The molecule has 8 nitrogen and oxygen atoms in total. The van der Waals surface area contributed by atoms with Gasteiger partial charge in [0, 0.05) is 22.6 Å². The fraction of sp³-hybridized carbons (Fsp3) is 0.345. The molecule has 0 saturated heterocycles. The molecule has 0 aliphatic heterocycles. The number of hydrogen-bond acceptors (Lipinski definition) is 9. The Bertz CT molecular complexity index is 1450. The first kappa shape index (κ1) is 28.2. The van der Waals surface area contributed by atoms with Crippen LogP contribution in [0.1, 0.15) is 71.0 Å². The van der Waals surface area contributed by atoms with E-state index < -0.39 is 5.97 Å². The summed E-state index contributed by atoms with van der Waals surface area (Å²) in [5.41, 5.74) is 9.12. The highest BCUT2D eigenvalue weighted by Crippen LogP contribution is 2.38. The number of fused-ring (bicyclic) bond motifs is 1. The van der Waals surface area contributed by atoms with Crippen molar-refractivity contribution in [2.75, 3.05) is 23.4 Å². The summed E-state index contributed by atoms with van der Waals surface area (Å²) >= 11 is 2.70. The van der Waals surface area contributed by atoms with Gasteiger partial charge in [0.1, 0.15) is 33.5 Å². The van der Waals surface area contributed by atoms with E-state index in [2.05, 4.69) is 22.4 Å². The van der Waals surface area contributed by atoms with Crippen LogP contribution in [-0.2, 0) is 22.4 Å². The molecule has 0 unspecified atom stereocenters. The number of pyridine rings is 1. The van der Waals surface area contributed by atoms with Crippen molar-refractivity contribution in [1.82, 2.24) is 4.98 Å². The summed E-state index contributed by atoms with van der Waals surface area (Å²) < 4.78 is 5.33. The lowest BCUT2D eigenvalue weighted by Crippen LogP contribution is -2.16. The Morgan fingerprint density at radius 2 is 1.82 bits per heavy atom. The summed E-state index contributed by atoms with van der Waals surface area (Å²) in [5.74, 6) is -0.278. The Balaban J connectivity index is 1.52. The molecule has 39 heavy (non-hydrogen) atoms. The Labute approximate surface area is 236 Å². The second-order valence-electron chi connectivity index (χ2n) is 9.01. The Morgan fingerprint density at radius 1 is 1.10 bits per heavy atom. The Hall–Kier alpha value is -3.86. The van der Waals surface area contributed by atoms with Crippen LogP contribution in [-0.4, -0.2) is 29.2 Å². The molecule has 1 amide bonds. The molecule has 0 bridgehead atoms. The van der Waals surface area contributed by atoms with Gasteiger partial charge in [-0.3, -0.25) is 4.79 Å². The van der Waals surface area contributed by atoms with Crippen LogP contribution >= 0.6 is 23.1 Å². The topological polar surface area (TPSA) is 142 Å². The van der Waals surface area contributed by atoms with Crippen molar-refractivity contribution >= 4 is 45.8 Å². The average molecular weight is 560 g/mol. The zero-order valence-electron chi connectivity index (χ0n) is 21.7. The van der Waals surface area contributed by atoms with Gasteiger partial charge in [-0.25, -0.2) is 9.78 Å². The summed E-state index contributed by atoms with van der Waals surface area (Å²) in [6.45, 7) is 2.03. The number of rotatable bonds is 8. The van der Waals surface area contributed by atoms with Crippen molar-refractivity contribution in [3.05, 3.63) is 57.5 Å². The minimum atomic E-state index is -0.399. The molecule has 0 fully saturated rings. The predicted molar refractivity (Wildman–Crippen MR) is 154 cm³/mol. The molecule has 0 spiro atoms. The predicted octanol–water partition coefficient (Wildman–Crippen LogP) is 6.09. The van der Waals surface area contributed by atoms with E-state index in [1.807, 2.05) is 30.3 Å². The number of carbonyl (C=O) groups is 2. The summed E-state index contributed by atoms with van der Waals surface area (Å²) in [5, 5.41) is 23.5. The van der Waals surface area contributed by atoms with Crippen LogP contribution < -0.4 is 11.1 Å². The minimum absolute atomic E-state index is 0.0392. The van der Waals surface area contributed by atoms with E-state index >= 15 is 0 Å². The molecule has 3 N–H and O–H groups in total. The van der Waals surface area contributed by atoms with E-state index in [0.29, 0.717) is 32.5 Å². The molecule has 3 aromatic rings. The lowest BCUT2D eigenvalue weighted by Gasteiger charge is -2.13. The van der Waals surface area contributed by atoms with E-state index in [-0.39, 0.29) is 35.9 Å². The quantitative estimate of drug-likeness (QED) is 0.249. The molecule has 0 atom stereocenters. The molecule has 1 aromatic carbocycles.